The van der Waals surface area contributed by atoms with Crippen molar-refractivity contribution in [3.8, 4) is 0 Å². The molecule has 124 valence electrons. The zero-order valence-electron chi connectivity index (χ0n) is 13.6. The zero-order chi connectivity index (χ0) is 17.1. The Morgan fingerprint density at radius 2 is 1.80 bits per heavy atom. The number of hydrogen-bond donors (Lipinski definition) is 2. The normalized spacial score (nSPS) is 12.2. The second-order valence-electron chi connectivity index (χ2n) is 5.94. The summed E-state index contributed by atoms with van der Waals surface area (Å²) in [6, 6.07) is 22.3. The van der Waals surface area contributed by atoms with Crippen molar-refractivity contribution in [3.63, 3.8) is 0 Å². The van der Waals surface area contributed by atoms with Gasteiger partial charge in [-0.25, -0.2) is 0 Å². The molecule has 0 aliphatic carbocycles. The number of benzene rings is 2. The van der Waals surface area contributed by atoms with Crippen LogP contribution >= 0.6 is 11.3 Å². The molecule has 4 aromatic rings. The molecule has 4 heteroatoms. The van der Waals surface area contributed by atoms with Gasteiger partial charge in [-0.3, -0.25) is 4.79 Å². The lowest BCUT2D eigenvalue weighted by molar-refractivity contribution is 0.0956. The fraction of sp³-hybridized carbons (Fsp3) is 0.0952. The standard InChI is InChI=1S/C21H18N2OS/c24-21(20-11-6-12-25-20)23-13-17(15-7-2-1-3-8-15)18-14-22-19-10-5-4-9-16(18)19/h1-12,14,17,22H,13H2,(H,23,24)/t17-/m0/s1. The quantitative estimate of drug-likeness (QED) is 0.536. The van der Waals surface area contributed by atoms with Gasteiger partial charge in [0.2, 0.25) is 0 Å². The van der Waals surface area contributed by atoms with Crippen molar-refractivity contribution in [1.82, 2.24) is 10.3 Å². The number of carbonyl (C=O) groups is 1. The van der Waals surface area contributed by atoms with Crippen molar-refractivity contribution < 1.29 is 4.79 Å². The van der Waals surface area contributed by atoms with Crippen LogP contribution in [0.5, 0.6) is 0 Å². The molecular formula is C21H18N2OS. The largest absolute Gasteiger partial charge is 0.361 e. The first kappa shape index (κ1) is 15.7. The van der Waals surface area contributed by atoms with Gasteiger partial charge in [-0.1, -0.05) is 54.6 Å². The van der Waals surface area contributed by atoms with E-state index in [1.54, 1.807) is 0 Å². The van der Waals surface area contributed by atoms with Gasteiger partial charge in [0.05, 0.1) is 4.88 Å². The van der Waals surface area contributed by atoms with Crippen LogP contribution in [0.1, 0.15) is 26.7 Å². The van der Waals surface area contributed by atoms with Crippen LogP contribution < -0.4 is 5.32 Å². The van der Waals surface area contributed by atoms with Crippen LogP contribution in [0.3, 0.4) is 0 Å². The van der Waals surface area contributed by atoms with E-state index in [-0.39, 0.29) is 11.8 Å². The van der Waals surface area contributed by atoms with E-state index in [4.69, 9.17) is 0 Å². The number of aromatic amines is 1. The fourth-order valence-corrected chi connectivity index (χ4v) is 3.80. The second kappa shape index (κ2) is 6.95. The predicted octanol–water partition coefficient (Wildman–Crippen LogP) is 4.79. The third-order valence-corrected chi connectivity index (χ3v) is 5.28. The Labute approximate surface area is 150 Å². The summed E-state index contributed by atoms with van der Waals surface area (Å²) in [5.74, 6) is 0.0806. The van der Waals surface area contributed by atoms with E-state index in [1.807, 2.05) is 47.8 Å². The number of thiophene rings is 1. The van der Waals surface area contributed by atoms with Gasteiger partial charge in [0.25, 0.3) is 5.91 Å². The molecule has 0 aliphatic heterocycles. The highest BCUT2D eigenvalue weighted by molar-refractivity contribution is 7.12. The molecule has 2 aromatic heterocycles. The van der Waals surface area contributed by atoms with Gasteiger partial charge in [-0.05, 0) is 28.6 Å². The molecule has 1 amide bonds. The summed E-state index contributed by atoms with van der Waals surface area (Å²) in [5.41, 5.74) is 3.51. The van der Waals surface area contributed by atoms with Crippen LogP contribution in [0, 0.1) is 0 Å². The molecule has 0 aliphatic rings. The van der Waals surface area contributed by atoms with Gasteiger partial charge in [0.15, 0.2) is 0 Å². The minimum Gasteiger partial charge on any atom is -0.361 e. The molecule has 4 rings (SSSR count). The summed E-state index contributed by atoms with van der Waals surface area (Å²) in [5, 5.41) is 6.21. The number of carbonyl (C=O) groups excluding carboxylic acids is 1. The minimum atomic E-state index is -0.0178. The Balaban J connectivity index is 1.66. The monoisotopic (exact) mass is 346 g/mol. The molecule has 0 saturated heterocycles. The summed E-state index contributed by atoms with van der Waals surface area (Å²) in [7, 11) is 0. The SMILES string of the molecule is O=C(NC[C@@H](c1ccccc1)c1c[nH]c2ccccc12)c1cccs1. The first-order valence-electron chi connectivity index (χ1n) is 8.25. The van der Waals surface area contributed by atoms with E-state index in [1.165, 1.54) is 27.8 Å². The number of fused-ring (bicyclic) bond motifs is 1. The Morgan fingerprint density at radius 3 is 2.60 bits per heavy atom. The average Bonchev–Trinajstić information content (AvgIpc) is 3.33. The molecule has 2 aromatic carbocycles. The summed E-state index contributed by atoms with van der Waals surface area (Å²) in [4.78, 5) is 16.5. The highest BCUT2D eigenvalue weighted by Gasteiger charge is 2.19. The van der Waals surface area contributed by atoms with Crippen molar-refractivity contribution in [3.05, 3.63) is 94.3 Å². The summed E-state index contributed by atoms with van der Waals surface area (Å²) >= 11 is 1.46. The van der Waals surface area contributed by atoms with Crippen LogP contribution in [0.15, 0.2) is 78.3 Å². The maximum absolute atomic E-state index is 12.4. The first-order chi connectivity index (χ1) is 12.3. The lowest BCUT2D eigenvalue weighted by Gasteiger charge is -2.18. The number of amides is 1. The lowest BCUT2D eigenvalue weighted by Crippen LogP contribution is -2.28. The van der Waals surface area contributed by atoms with Crippen molar-refractivity contribution in [2.24, 2.45) is 0 Å². The Kier molecular flexibility index (Phi) is 4.36. The summed E-state index contributed by atoms with van der Waals surface area (Å²) < 4.78 is 0. The smallest absolute Gasteiger partial charge is 0.261 e. The van der Waals surface area contributed by atoms with E-state index in [2.05, 4.69) is 40.8 Å². The third kappa shape index (κ3) is 3.21. The highest BCUT2D eigenvalue weighted by atomic mass is 32.1. The maximum atomic E-state index is 12.4. The average molecular weight is 346 g/mol. The maximum Gasteiger partial charge on any atom is 0.261 e. The molecule has 2 N–H and O–H groups in total. The molecular weight excluding hydrogens is 328 g/mol. The summed E-state index contributed by atoms with van der Waals surface area (Å²) in [6.45, 7) is 0.558. The number of aromatic nitrogens is 1. The fourth-order valence-electron chi connectivity index (χ4n) is 3.16. The molecule has 0 fully saturated rings. The molecule has 0 radical (unpaired) electrons. The molecule has 1 atom stereocenters. The van der Waals surface area contributed by atoms with Crippen molar-refractivity contribution >= 4 is 28.1 Å². The molecule has 0 saturated carbocycles. The van der Waals surface area contributed by atoms with Gasteiger partial charge >= 0.3 is 0 Å². The van der Waals surface area contributed by atoms with Crippen LogP contribution in [-0.2, 0) is 0 Å². The second-order valence-corrected chi connectivity index (χ2v) is 6.89. The molecule has 2 heterocycles. The summed E-state index contributed by atoms with van der Waals surface area (Å²) in [6.07, 6.45) is 2.06. The predicted molar refractivity (Wildman–Crippen MR) is 103 cm³/mol. The van der Waals surface area contributed by atoms with Gasteiger partial charge in [0.1, 0.15) is 0 Å². The number of rotatable bonds is 5. The van der Waals surface area contributed by atoms with Gasteiger partial charge in [0, 0.05) is 29.6 Å². The van der Waals surface area contributed by atoms with Crippen molar-refractivity contribution in [2.75, 3.05) is 6.54 Å². The topological polar surface area (TPSA) is 44.9 Å². The zero-order valence-corrected chi connectivity index (χ0v) is 14.4. The van der Waals surface area contributed by atoms with Gasteiger partial charge < -0.3 is 10.3 Å². The van der Waals surface area contributed by atoms with Crippen LogP contribution in [0.25, 0.3) is 10.9 Å². The van der Waals surface area contributed by atoms with E-state index >= 15 is 0 Å². The Morgan fingerprint density at radius 1 is 1.00 bits per heavy atom. The number of hydrogen-bond acceptors (Lipinski definition) is 2. The number of nitrogens with one attached hydrogen (secondary N) is 2. The molecule has 25 heavy (non-hydrogen) atoms. The van der Waals surface area contributed by atoms with Crippen molar-refractivity contribution in [2.45, 2.75) is 5.92 Å². The van der Waals surface area contributed by atoms with E-state index in [9.17, 15) is 4.79 Å². The van der Waals surface area contributed by atoms with E-state index in [0.29, 0.717) is 6.54 Å². The highest BCUT2D eigenvalue weighted by Crippen LogP contribution is 2.30. The van der Waals surface area contributed by atoms with Gasteiger partial charge in [-0.2, -0.15) is 0 Å². The van der Waals surface area contributed by atoms with Crippen LogP contribution in [0.4, 0.5) is 0 Å². The Bertz CT molecular complexity index is 973. The molecule has 0 spiro atoms. The van der Waals surface area contributed by atoms with E-state index in [0.717, 1.165) is 10.4 Å². The third-order valence-electron chi connectivity index (χ3n) is 4.41. The molecule has 3 nitrogen and oxygen atoms in total. The number of H-pyrrole nitrogens is 1. The molecule has 0 unspecified atom stereocenters. The minimum absolute atomic E-state index is 0.0178. The lowest BCUT2D eigenvalue weighted by atomic mass is 9.91. The van der Waals surface area contributed by atoms with Gasteiger partial charge in [-0.15, -0.1) is 11.3 Å². The molecule has 0 bridgehead atoms. The first-order valence-corrected chi connectivity index (χ1v) is 9.13. The van der Waals surface area contributed by atoms with Crippen molar-refractivity contribution in [1.29, 1.82) is 0 Å². The Hall–Kier alpha value is -2.85. The van der Waals surface area contributed by atoms with E-state index < -0.39 is 0 Å². The van der Waals surface area contributed by atoms with Crippen LogP contribution in [-0.4, -0.2) is 17.4 Å². The number of para-hydroxylation sites is 1. The van der Waals surface area contributed by atoms with Crippen LogP contribution in [0.2, 0.25) is 0 Å².